The number of nitrogens with zero attached hydrogens (tertiary/aromatic N) is 1. The van der Waals surface area contributed by atoms with E-state index in [0.29, 0.717) is 18.9 Å². The monoisotopic (exact) mass is 281 g/mol. The highest BCUT2D eigenvalue weighted by Crippen LogP contribution is 2.25. The Morgan fingerprint density at radius 1 is 1.19 bits per heavy atom. The summed E-state index contributed by atoms with van der Waals surface area (Å²) in [6.45, 7) is 0.480. The van der Waals surface area contributed by atoms with Gasteiger partial charge in [0.15, 0.2) is 5.78 Å². The maximum atomic E-state index is 11.4. The number of benzene rings is 1. The Morgan fingerprint density at radius 3 is 2.76 bits per heavy atom. The lowest BCUT2D eigenvalue weighted by Gasteiger charge is -2.18. The number of carbonyl (C=O) groups excluding carboxylic acids is 1. The Labute approximate surface area is 123 Å². The Kier molecular flexibility index (Phi) is 3.96. The molecule has 1 aromatic carbocycles. The van der Waals surface area contributed by atoms with Crippen LogP contribution in [0.3, 0.4) is 0 Å². The van der Waals surface area contributed by atoms with E-state index in [1.165, 1.54) is 12.3 Å². The number of hydrogen-bond donors (Lipinski definition) is 0. The normalized spacial score (nSPS) is 17.3. The molecule has 0 saturated carbocycles. The zero-order valence-electron chi connectivity index (χ0n) is 11.4. The molecule has 1 aromatic heterocycles. The number of pyridine rings is 1. The molecule has 1 atom stereocenters. The second-order valence-electron chi connectivity index (χ2n) is 4.80. The lowest BCUT2D eigenvalue weighted by Crippen LogP contribution is -2.11. The van der Waals surface area contributed by atoms with Crippen molar-refractivity contribution in [2.24, 2.45) is 0 Å². The molecule has 4 nitrogen and oxygen atoms in total. The first-order valence-corrected chi connectivity index (χ1v) is 6.79. The smallest absolute Gasteiger partial charge is 0.213 e. The van der Waals surface area contributed by atoms with E-state index >= 15 is 0 Å². The van der Waals surface area contributed by atoms with Crippen LogP contribution in [0.1, 0.15) is 23.7 Å². The first-order valence-electron chi connectivity index (χ1n) is 6.79. The minimum absolute atomic E-state index is 0.0654. The molecule has 2 heterocycles. The first-order chi connectivity index (χ1) is 10.3. The number of allylic oxidation sites excluding steroid dienone is 1. The largest absolute Gasteiger partial charge is 0.493 e. The molecule has 0 spiro atoms. The molecular weight excluding hydrogens is 266 g/mol. The van der Waals surface area contributed by atoms with Crippen molar-refractivity contribution in [3.8, 4) is 5.88 Å². The van der Waals surface area contributed by atoms with Crippen LogP contribution in [0.5, 0.6) is 5.88 Å². The predicted octanol–water partition coefficient (Wildman–Crippen LogP) is 3.20. The molecule has 2 aromatic rings. The number of carbonyl (C=O) groups is 1. The Morgan fingerprint density at radius 2 is 2.05 bits per heavy atom. The molecule has 1 aliphatic rings. The molecule has 4 heteroatoms. The second kappa shape index (κ2) is 6.22. The van der Waals surface area contributed by atoms with E-state index in [2.05, 4.69) is 4.98 Å². The van der Waals surface area contributed by atoms with Crippen LogP contribution in [0.4, 0.5) is 0 Å². The Balaban J connectivity index is 1.62. The van der Waals surface area contributed by atoms with Gasteiger partial charge in [-0.1, -0.05) is 30.3 Å². The zero-order chi connectivity index (χ0) is 14.5. The molecular formula is C17H15NO3. The summed E-state index contributed by atoms with van der Waals surface area (Å²) < 4.78 is 11.0. The lowest BCUT2D eigenvalue weighted by atomic mass is 10.0. The minimum Gasteiger partial charge on any atom is -0.493 e. The van der Waals surface area contributed by atoms with Gasteiger partial charge in [0.25, 0.3) is 0 Å². The average Bonchev–Trinajstić information content (AvgIpc) is 2.54. The summed E-state index contributed by atoms with van der Waals surface area (Å²) in [5, 5.41) is 0. The fourth-order valence-electron chi connectivity index (χ4n) is 2.10. The SMILES string of the molecule is O=C1C=COC(c2ccc(OCc3ccccc3)nc2)C1. The van der Waals surface area contributed by atoms with Gasteiger partial charge in [-0.2, -0.15) is 0 Å². The first kappa shape index (κ1) is 13.4. The van der Waals surface area contributed by atoms with Gasteiger partial charge in [-0.15, -0.1) is 0 Å². The molecule has 21 heavy (non-hydrogen) atoms. The van der Waals surface area contributed by atoms with Crippen molar-refractivity contribution < 1.29 is 14.3 Å². The van der Waals surface area contributed by atoms with E-state index in [-0.39, 0.29) is 11.9 Å². The third-order valence-corrected chi connectivity index (χ3v) is 3.24. The van der Waals surface area contributed by atoms with Crippen molar-refractivity contribution in [1.82, 2.24) is 4.98 Å². The van der Waals surface area contributed by atoms with Crippen LogP contribution in [0.15, 0.2) is 61.0 Å². The lowest BCUT2D eigenvalue weighted by molar-refractivity contribution is -0.118. The fraction of sp³-hybridized carbons (Fsp3) is 0.176. The molecule has 1 unspecified atom stereocenters. The maximum absolute atomic E-state index is 11.4. The highest BCUT2D eigenvalue weighted by atomic mass is 16.5. The van der Waals surface area contributed by atoms with Crippen LogP contribution in [0, 0.1) is 0 Å². The molecule has 0 radical (unpaired) electrons. The molecule has 1 aliphatic heterocycles. The highest BCUT2D eigenvalue weighted by molar-refractivity contribution is 5.90. The summed E-state index contributed by atoms with van der Waals surface area (Å²) in [7, 11) is 0. The molecule has 0 fully saturated rings. The molecule has 106 valence electrons. The summed E-state index contributed by atoms with van der Waals surface area (Å²) in [6, 6.07) is 13.6. The maximum Gasteiger partial charge on any atom is 0.213 e. The minimum atomic E-state index is -0.252. The Hall–Kier alpha value is -2.62. The molecule has 0 bridgehead atoms. The van der Waals surface area contributed by atoms with E-state index in [4.69, 9.17) is 9.47 Å². The second-order valence-corrected chi connectivity index (χ2v) is 4.80. The van der Waals surface area contributed by atoms with Gasteiger partial charge in [0.05, 0.1) is 12.7 Å². The van der Waals surface area contributed by atoms with E-state index in [1.54, 1.807) is 12.3 Å². The van der Waals surface area contributed by atoms with E-state index < -0.39 is 0 Å². The van der Waals surface area contributed by atoms with Crippen LogP contribution in [-0.4, -0.2) is 10.8 Å². The molecule has 3 rings (SSSR count). The van der Waals surface area contributed by atoms with Crippen molar-refractivity contribution in [2.75, 3.05) is 0 Å². The molecule has 0 N–H and O–H groups in total. The average molecular weight is 281 g/mol. The van der Waals surface area contributed by atoms with Gasteiger partial charge in [-0.25, -0.2) is 4.98 Å². The fourth-order valence-corrected chi connectivity index (χ4v) is 2.10. The molecule has 0 aliphatic carbocycles. The highest BCUT2D eigenvalue weighted by Gasteiger charge is 2.19. The quantitative estimate of drug-likeness (QED) is 0.863. The van der Waals surface area contributed by atoms with Crippen LogP contribution < -0.4 is 4.74 Å². The van der Waals surface area contributed by atoms with Crippen LogP contribution in [0.2, 0.25) is 0 Å². The number of ether oxygens (including phenoxy) is 2. The van der Waals surface area contributed by atoms with Gasteiger partial charge in [0.2, 0.25) is 5.88 Å². The van der Waals surface area contributed by atoms with Gasteiger partial charge in [-0.05, 0) is 11.6 Å². The van der Waals surface area contributed by atoms with Gasteiger partial charge < -0.3 is 9.47 Å². The van der Waals surface area contributed by atoms with Crippen LogP contribution in [-0.2, 0) is 16.1 Å². The van der Waals surface area contributed by atoms with Crippen LogP contribution in [0.25, 0.3) is 0 Å². The van der Waals surface area contributed by atoms with Gasteiger partial charge in [-0.3, -0.25) is 4.79 Å². The van der Waals surface area contributed by atoms with Crippen molar-refractivity contribution in [1.29, 1.82) is 0 Å². The van der Waals surface area contributed by atoms with E-state index in [0.717, 1.165) is 11.1 Å². The standard InChI is InChI=1S/C17H15NO3/c19-15-8-9-20-16(10-15)14-6-7-17(18-11-14)21-12-13-4-2-1-3-5-13/h1-9,11,16H,10,12H2. The van der Waals surface area contributed by atoms with Gasteiger partial charge in [0, 0.05) is 23.9 Å². The number of rotatable bonds is 4. The summed E-state index contributed by atoms with van der Waals surface area (Å²) in [4.78, 5) is 15.6. The third kappa shape index (κ3) is 3.48. The van der Waals surface area contributed by atoms with Crippen LogP contribution >= 0.6 is 0 Å². The van der Waals surface area contributed by atoms with Gasteiger partial charge >= 0.3 is 0 Å². The summed E-state index contributed by atoms with van der Waals surface area (Å²) in [5.41, 5.74) is 1.97. The topological polar surface area (TPSA) is 48.4 Å². The number of ketones is 1. The number of aromatic nitrogens is 1. The summed E-state index contributed by atoms with van der Waals surface area (Å²) in [5.74, 6) is 0.621. The van der Waals surface area contributed by atoms with Crippen molar-refractivity contribution in [2.45, 2.75) is 19.1 Å². The van der Waals surface area contributed by atoms with Crippen molar-refractivity contribution in [3.63, 3.8) is 0 Å². The van der Waals surface area contributed by atoms with Crippen molar-refractivity contribution in [3.05, 3.63) is 72.1 Å². The third-order valence-electron chi connectivity index (χ3n) is 3.24. The van der Waals surface area contributed by atoms with Gasteiger partial charge in [0.1, 0.15) is 12.7 Å². The van der Waals surface area contributed by atoms with E-state index in [9.17, 15) is 4.79 Å². The Bertz CT molecular complexity index is 635. The molecule has 0 saturated heterocycles. The predicted molar refractivity (Wildman–Crippen MR) is 77.6 cm³/mol. The summed E-state index contributed by atoms with van der Waals surface area (Å²) in [6.07, 6.45) is 4.68. The zero-order valence-corrected chi connectivity index (χ0v) is 11.4. The van der Waals surface area contributed by atoms with Crippen molar-refractivity contribution >= 4 is 5.78 Å². The molecule has 0 amide bonds. The number of hydrogen-bond acceptors (Lipinski definition) is 4. The summed E-state index contributed by atoms with van der Waals surface area (Å²) >= 11 is 0. The van der Waals surface area contributed by atoms with E-state index in [1.807, 2.05) is 36.4 Å².